The van der Waals surface area contributed by atoms with Gasteiger partial charge in [-0.15, -0.1) is 0 Å². The zero-order valence-corrected chi connectivity index (χ0v) is 15.9. The Hall–Kier alpha value is -2.43. The van der Waals surface area contributed by atoms with Crippen molar-refractivity contribution in [3.05, 3.63) is 53.0 Å². The molecule has 0 unspecified atom stereocenters. The Labute approximate surface area is 155 Å². The van der Waals surface area contributed by atoms with Crippen LogP contribution in [0.15, 0.2) is 30.6 Å². The maximum Gasteiger partial charge on any atom is 0.226 e. The van der Waals surface area contributed by atoms with Crippen molar-refractivity contribution in [2.45, 2.75) is 40.0 Å². The summed E-state index contributed by atoms with van der Waals surface area (Å²) in [6.45, 7) is 8.27. The Bertz CT molecular complexity index is 768. The highest BCUT2D eigenvalue weighted by Gasteiger charge is 2.24. The summed E-state index contributed by atoms with van der Waals surface area (Å²) >= 11 is 0. The number of amides is 1. The number of aryl methyl sites for hydroxylation is 2. The van der Waals surface area contributed by atoms with E-state index in [-0.39, 0.29) is 5.91 Å². The van der Waals surface area contributed by atoms with E-state index < -0.39 is 0 Å². The molecule has 2 heterocycles. The maximum atomic E-state index is 12.6. The van der Waals surface area contributed by atoms with Crippen molar-refractivity contribution in [2.24, 2.45) is 5.92 Å². The van der Waals surface area contributed by atoms with Gasteiger partial charge in [0.05, 0.1) is 13.0 Å². The first-order valence-electron chi connectivity index (χ1n) is 9.28. The van der Waals surface area contributed by atoms with Gasteiger partial charge in [-0.25, -0.2) is 9.97 Å². The van der Waals surface area contributed by atoms with Crippen molar-refractivity contribution < 1.29 is 9.53 Å². The summed E-state index contributed by atoms with van der Waals surface area (Å²) in [6, 6.07) is 8.11. The van der Waals surface area contributed by atoms with Crippen LogP contribution in [0.25, 0.3) is 0 Å². The normalized spacial score (nSPS) is 15.1. The highest BCUT2D eigenvalue weighted by atomic mass is 16.5. The molecular formula is C21H27N3O2. The van der Waals surface area contributed by atoms with E-state index in [1.54, 1.807) is 6.33 Å². The Balaban J connectivity index is 1.47. The first kappa shape index (κ1) is 18.4. The van der Waals surface area contributed by atoms with Crippen LogP contribution in [-0.2, 0) is 11.2 Å². The van der Waals surface area contributed by atoms with Crippen molar-refractivity contribution in [2.75, 3.05) is 19.7 Å². The van der Waals surface area contributed by atoms with E-state index in [0.29, 0.717) is 24.8 Å². The maximum absolute atomic E-state index is 12.6. The van der Waals surface area contributed by atoms with Crippen LogP contribution < -0.4 is 4.74 Å². The first-order valence-corrected chi connectivity index (χ1v) is 9.28. The second kappa shape index (κ2) is 8.30. The van der Waals surface area contributed by atoms with Crippen LogP contribution in [0.4, 0.5) is 0 Å². The third-order valence-corrected chi connectivity index (χ3v) is 5.32. The molecule has 1 aliphatic heterocycles. The number of hydrogen-bond donors (Lipinski definition) is 0. The average molecular weight is 353 g/mol. The SMILES string of the molecule is Cc1ccccc1CC(=O)N1CCC(COc2ncnc(C)c2C)CC1. The molecule has 1 saturated heterocycles. The van der Waals surface area contributed by atoms with Crippen LogP contribution in [0.1, 0.15) is 35.2 Å². The number of ether oxygens (including phenoxy) is 1. The summed E-state index contributed by atoms with van der Waals surface area (Å²) in [5.74, 6) is 1.36. The third-order valence-electron chi connectivity index (χ3n) is 5.32. The molecule has 1 fully saturated rings. The third kappa shape index (κ3) is 4.40. The number of rotatable bonds is 5. The van der Waals surface area contributed by atoms with Gasteiger partial charge < -0.3 is 9.64 Å². The first-order chi connectivity index (χ1) is 12.5. The highest BCUT2D eigenvalue weighted by Crippen LogP contribution is 2.22. The predicted octanol–water partition coefficient (Wildman–Crippen LogP) is 3.26. The molecule has 1 amide bonds. The molecule has 3 rings (SSSR count). The van der Waals surface area contributed by atoms with Gasteiger partial charge in [-0.05, 0) is 50.7 Å². The minimum Gasteiger partial charge on any atom is -0.477 e. The van der Waals surface area contributed by atoms with Crippen LogP contribution in [0.3, 0.4) is 0 Å². The summed E-state index contributed by atoms with van der Waals surface area (Å²) in [7, 11) is 0. The van der Waals surface area contributed by atoms with Crippen LogP contribution in [0, 0.1) is 26.7 Å². The van der Waals surface area contributed by atoms with E-state index in [0.717, 1.165) is 42.8 Å². The average Bonchev–Trinajstić information content (AvgIpc) is 2.65. The Morgan fingerprint density at radius 2 is 1.88 bits per heavy atom. The van der Waals surface area contributed by atoms with Gasteiger partial charge in [0.15, 0.2) is 0 Å². The molecule has 5 nitrogen and oxygen atoms in total. The molecule has 1 aliphatic rings. The summed E-state index contributed by atoms with van der Waals surface area (Å²) < 4.78 is 5.91. The van der Waals surface area contributed by atoms with Gasteiger partial charge in [-0.2, -0.15) is 0 Å². The molecule has 26 heavy (non-hydrogen) atoms. The number of aromatic nitrogens is 2. The van der Waals surface area contributed by atoms with Crippen LogP contribution in [-0.4, -0.2) is 40.5 Å². The molecule has 0 N–H and O–H groups in total. The lowest BCUT2D eigenvalue weighted by atomic mass is 9.97. The predicted molar refractivity (Wildman–Crippen MR) is 101 cm³/mol. The molecule has 0 spiro atoms. The lowest BCUT2D eigenvalue weighted by Gasteiger charge is -2.32. The number of piperidine rings is 1. The number of nitrogens with zero attached hydrogens (tertiary/aromatic N) is 3. The molecule has 138 valence electrons. The van der Waals surface area contributed by atoms with Crippen molar-refractivity contribution in [3.8, 4) is 5.88 Å². The second-order valence-electron chi connectivity index (χ2n) is 7.13. The van der Waals surface area contributed by atoms with E-state index in [9.17, 15) is 4.79 Å². The van der Waals surface area contributed by atoms with Crippen LogP contribution in [0.2, 0.25) is 0 Å². The minimum atomic E-state index is 0.223. The standard InChI is InChI=1S/C21H27N3O2/c1-15-6-4-5-7-19(15)12-20(25)24-10-8-18(9-11-24)13-26-21-16(2)17(3)22-14-23-21/h4-7,14,18H,8-13H2,1-3H3. The Kier molecular flexibility index (Phi) is 5.86. The van der Waals surface area contributed by atoms with E-state index in [2.05, 4.69) is 23.0 Å². The summed E-state index contributed by atoms with van der Waals surface area (Å²) in [5, 5.41) is 0. The molecule has 0 atom stereocenters. The fraction of sp³-hybridized carbons (Fsp3) is 0.476. The van der Waals surface area contributed by atoms with Gasteiger partial charge in [0.2, 0.25) is 11.8 Å². The van der Waals surface area contributed by atoms with Gasteiger partial charge in [0.25, 0.3) is 0 Å². The number of benzene rings is 1. The Morgan fingerprint density at radius 1 is 1.15 bits per heavy atom. The quantitative estimate of drug-likeness (QED) is 0.828. The van der Waals surface area contributed by atoms with Gasteiger partial charge in [0.1, 0.15) is 6.33 Å². The number of carbonyl (C=O) groups is 1. The topological polar surface area (TPSA) is 55.3 Å². The lowest BCUT2D eigenvalue weighted by molar-refractivity contribution is -0.132. The Morgan fingerprint density at radius 3 is 2.62 bits per heavy atom. The fourth-order valence-corrected chi connectivity index (χ4v) is 3.29. The molecule has 0 saturated carbocycles. The summed E-state index contributed by atoms with van der Waals surface area (Å²) in [5.41, 5.74) is 4.25. The van der Waals surface area contributed by atoms with Crippen molar-refractivity contribution in [1.29, 1.82) is 0 Å². The monoisotopic (exact) mass is 353 g/mol. The van der Waals surface area contributed by atoms with Crippen molar-refractivity contribution in [3.63, 3.8) is 0 Å². The largest absolute Gasteiger partial charge is 0.477 e. The van der Waals surface area contributed by atoms with Gasteiger partial charge in [-0.3, -0.25) is 4.79 Å². The molecule has 1 aromatic carbocycles. The van der Waals surface area contributed by atoms with Crippen LogP contribution in [0.5, 0.6) is 5.88 Å². The molecule has 0 aliphatic carbocycles. The number of carbonyl (C=O) groups excluding carboxylic acids is 1. The van der Waals surface area contributed by atoms with Gasteiger partial charge >= 0.3 is 0 Å². The molecule has 1 aromatic heterocycles. The number of likely N-dealkylation sites (tertiary alicyclic amines) is 1. The zero-order valence-electron chi connectivity index (χ0n) is 15.9. The zero-order chi connectivity index (χ0) is 18.5. The number of hydrogen-bond acceptors (Lipinski definition) is 4. The van der Waals surface area contributed by atoms with Crippen molar-refractivity contribution in [1.82, 2.24) is 14.9 Å². The summed E-state index contributed by atoms with van der Waals surface area (Å²) in [6.07, 6.45) is 3.99. The van der Waals surface area contributed by atoms with Gasteiger partial charge in [0, 0.05) is 24.3 Å². The molecule has 0 radical (unpaired) electrons. The van der Waals surface area contributed by atoms with E-state index >= 15 is 0 Å². The molecule has 0 bridgehead atoms. The molecule has 5 heteroatoms. The van der Waals surface area contributed by atoms with E-state index in [1.165, 1.54) is 5.56 Å². The van der Waals surface area contributed by atoms with Gasteiger partial charge in [-0.1, -0.05) is 24.3 Å². The second-order valence-corrected chi connectivity index (χ2v) is 7.13. The summed E-state index contributed by atoms with van der Waals surface area (Å²) in [4.78, 5) is 22.9. The van der Waals surface area contributed by atoms with Crippen molar-refractivity contribution >= 4 is 5.91 Å². The molecule has 2 aromatic rings. The lowest BCUT2D eigenvalue weighted by Crippen LogP contribution is -2.40. The minimum absolute atomic E-state index is 0.223. The van der Waals surface area contributed by atoms with Crippen LogP contribution >= 0.6 is 0 Å². The smallest absolute Gasteiger partial charge is 0.226 e. The highest BCUT2D eigenvalue weighted by molar-refractivity contribution is 5.79. The molecular weight excluding hydrogens is 326 g/mol. The van der Waals surface area contributed by atoms with E-state index in [1.807, 2.05) is 36.9 Å². The fourth-order valence-electron chi connectivity index (χ4n) is 3.29. The van der Waals surface area contributed by atoms with E-state index in [4.69, 9.17) is 4.74 Å².